The van der Waals surface area contributed by atoms with E-state index in [1.54, 1.807) is 63.6 Å². The summed E-state index contributed by atoms with van der Waals surface area (Å²) in [5, 5.41) is 6.30. The molecule has 0 saturated carbocycles. The van der Waals surface area contributed by atoms with Crippen LogP contribution in [0, 0.1) is 0 Å². The van der Waals surface area contributed by atoms with E-state index >= 15 is 0 Å². The lowest BCUT2D eigenvalue weighted by atomic mass is 9.94. The summed E-state index contributed by atoms with van der Waals surface area (Å²) in [5.41, 5.74) is -0.665. The molecule has 1 aromatic heterocycles. The molecule has 3 rings (SSSR count). The highest BCUT2D eigenvalue weighted by molar-refractivity contribution is 6.14. The number of hydrogen-bond acceptors (Lipinski definition) is 9. The quantitative estimate of drug-likeness (QED) is 0.243. The first-order chi connectivity index (χ1) is 21.0. The summed E-state index contributed by atoms with van der Waals surface area (Å²) < 4.78 is 23.4. The van der Waals surface area contributed by atoms with Crippen LogP contribution < -0.4 is 20.3 Å². The van der Waals surface area contributed by atoms with Gasteiger partial charge in [-0.05, 0) is 86.9 Å². The van der Waals surface area contributed by atoms with Crippen molar-refractivity contribution in [3.05, 3.63) is 52.2 Å². The van der Waals surface area contributed by atoms with Crippen LogP contribution in [0.3, 0.4) is 0 Å². The number of nitrogens with zero attached hydrogens (tertiary/aromatic N) is 2. The average molecular weight is 627 g/mol. The lowest BCUT2D eigenvalue weighted by Gasteiger charge is -2.38. The van der Waals surface area contributed by atoms with Crippen LogP contribution in [0.25, 0.3) is 0 Å². The molecule has 2 amide bonds. The van der Waals surface area contributed by atoms with Crippen molar-refractivity contribution < 1.29 is 38.1 Å². The molecule has 45 heavy (non-hydrogen) atoms. The molecule has 0 spiro atoms. The zero-order valence-electron chi connectivity index (χ0n) is 28.2. The molecule has 0 aliphatic carbocycles. The van der Waals surface area contributed by atoms with Crippen molar-refractivity contribution >= 4 is 35.6 Å². The topological polar surface area (TPSA) is 137 Å². The van der Waals surface area contributed by atoms with E-state index in [1.165, 1.54) is 4.90 Å². The summed E-state index contributed by atoms with van der Waals surface area (Å²) >= 11 is 0. The van der Waals surface area contributed by atoms with Crippen LogP contribution in [0.15, 0.2) is 35.5 Å². The number of aromatic nitrogens is 1. The highest BCUT2D eigenvalue weighted by Gasteiger charge is 2.45. The Morgan fingerprint density at radius 3 is 1.82 bits per heavy atom. The Labute approximate surface area is 265 Å². The third kappa shape index (κ3) is 7.26. The Hall–Kier alpha value is -4.48. The molecule has 1 unspecified atom stereocenters. The van der Waals surface area contributed by atoms with Crippen molar-refractivity contribution in [1.29, 1.82) is 0 Å². The van der Waals surface area contributed by atoms with E-state index in [2.05, 4.69) is 10.6 Å². The number of carbonyl (C=O) groups excluding carboxylic acids is 4. The summed E-state index contributed by atoms with van der Waals surface area (Å²) in [4.78, 5) is 56.6. The van der Waals surface area contributed by atoms with Gasteiger partial charge < -0.3 is 34.1 Å². The van der Waals surface area contributed by atoms with E-state index in [0.717, 1.165) is 0 Å². The molecule has 12 nitrogen and oxygen atoms in total. The third-order valence-electron chi connectivity index (χ3n) is 6.91. The van der Waals surface area contributed by atoms with Crippen LogP contribution in [-0.4, -0.2) is 61.0 Å². The average Bonchev–Trinajstić information content (AvgIpc) is 3.26. The second-order valence-corrected chi connectivity index (χ2v) is 12.5. The summed E-state index contributed by atoms with van der Waals surface area (Å²) in [7, 11) is 1.54. The van der Waals surface area contributed by atoms with Gasteiger partial charge in [0.2, 0.25) is 0 Å². The van der Waals surface area contributed by atoms with Crippen molar-refractivity contribution in [2.24, 2.45) is 0 Å². The van der Waals surface area contributed by atoms with Crippen LogP contribution >= 0.6 is 0 Å². The second kappa shape index (κ2) is 13.7. The molecule has 2 aromatic rings. The summed E-state index contributed by atoms with van der Waals surface area (Å²) in [6, 6.07) is 5.44. The number of esters is 3. The SMILES string of the molecule is CCOC(=O)C1=C(C)N(c2c(C(=O)OCC)c(C(=O)OCC)c(NC(C)(C)C)n2C(C)(C)C)C(=O)NC1c1ccc(OC)cc1. The first-order valence-corrected chi connectivity index (χ1v) is 15.1. The third-order valence-corrected chi connectivity index (χ3v) is 6.91. The number of hydrogen-bond donors (Lipinski definition) is 2. The maximum absolute atomic E-state index is 14.3. The summed E-state index contributed by atoms with van der Waals surface area (Å²) in [6.45, 7) is 18.1. The Morgan fingerprint density at radius 1 is 0.844 bits per heavy atom. The van der Waals surface area contributed by atoms with Crippen molar-refractivity contribution in [3.63, 3.8) is 0 Å². The summed E-state index contributed by atoms with van der Waals surface area (Å²) in [6.07, 6.45) is 0. The van der Waals surface area contributed by atoms with Crippen LogP contribution in [0.1, 0.15) is 102 Å². The maximum Gasteiger partial charge on any atom is 0.342 e. The molecular weight excluding hydrogens is 580 g/mol. The number of ether oxygens (including phenoxy) is 4. The minimum absolute atomic E-state index is 0.0118. The van der Waals surface area contributed by atoms with Gasteiger partial charge in [0.15, 0.2) is 0 Å². The number of nitrogens with one attached hydrogen (secondary N) is 2. The summed E-state index contributed by atoms with van der Waals surface area (Å²) in [5.74, 6) is -1.33. The molecule has 0 bridgehead atoms. The number of amides is 2. The zero-order chi connectivity index (χ0) is 33.9. The number of benzene rings is 1. The fourth-order valence-corrected chi connectivity index (χ4v) is 5.21. The van der Waals surface area contributed by atoms with Crippen molar-refractivity contribution in [2.45, 2.75) is 86.4 Å². The fourth-order valence-electron chi connectivity index (χ4n) is 5.21. The lowest BCUT2D eigenvalue weighted by Crippen LogP contribution is -2.50. The molecular formula is C33H46N4O8. The molecule has 2 heterocycles. The van der Waals surface area contributed by atoms with Gasteiger partial charge in [0.1, 0.15) is 28.5 Å². The number of anilines is 2. The zero-order valence-corrected chi connectivity index (χ0v) is 28.2. The van der Waals surface area contributed by atoms with E-state index in [0.29, 0.717) is 11.3 Å². The second-order valence-electron chi connectivity index (χ2n) is 12.5. The number of urea groups is 1. The van der Waals surface area contributed by atoms with Gasteiger partial charge in [-0.25, -0.2) is 19.2 Å². The maximum atomic E-state index is 14.3. The van der Waals surface area contributed by atoms with Gasteiger partial charge in [-0.1, -0.05) is 12.1 Å². The Morgan fingerprint density at radius 2 is 1.36 bits per heavy atom. The van der Waals surface area contributed by atoms with Gasteiger partial charge in [-0.2, -0.15) is 0 Å². The van der Waals surface area contributed by atoms with E-state index in [1.807, 2.05) is 41.5 Å². The van der Waals surface area contributed by atoms with Crippen molar-refractivity contribution in [1.82, 2.24) is 9.88 Å². The van der Waals surface area contributed by atoms with E-state index in [-0.39, 0.29) is 53.9 Å². The molecule has 0 radical (unpaired) electrons. The molecule has 246 valence electrons. The predicted molar refractivity (Wildman–Crippen MR) is 171 cm³/mol. The first-order valence-electron chi connectivity index (χ1n) is 15.1. The standard InChI is InChI=1S/C33H46N4O8/c1-12-43-28(38)22-19(4)36(31(41)34-25(22)20-15-17-21(42-11)18-16-20)27-24(30(40)45-14-3)23(29(39)44-13-2)26(35-32(5,6)7)37(27)33(8,9)10/h15-18,25,35H,12-14H2,1-11H3,(H,34,41). The molecule has 2 N–H and O–H groups in total. The van der Waals surface area contributed by atoms with Crippen molar-refractivity contribution in [2.75, 3.05) is 37.1 Å². The Bertz CT molecular complexity index is 1480. The van der Waals surface area contributed by atoms with E-state index in [9.17, 15) is 19.2 Å². The van der Waals surface area contributed by atoms with Gasteiger partial charge in [0.05, 0.1) is 38.5 Å². The monoisotopic (exact) mass is 626 g/mol. The van der Waals surface area contributed by atoms with Gasteiger partial charge in [-0.15, -0.1) is 0 Å². The molecule has 12 heteroatoms. The van der Waals surface area contributed by atoms with Crippen molar-refractivity contribution in [3.8, 4) is 5.75 Å². The molecule has 1 atom stereocenters. The molecule has 0 fully saturated rings. The molecule has 1 aliphatic rings. The molecule has 1 aromatic carbocycles. The predicted octanol–water partition coefficient (Wildman–Crippen LogP) is 5.92. The number of allylic oxidation sites excluding steroid dienone is 1. The Kier molecular flexibility index (Phi) is 10.6. The molecule has 1 aliphatic heterocycles. The largest absolute Gasteiger partial charge is 0.497 e. The van der Waals surface area contributed by atoms with Crippen LogP contribution in [0.2, 0.25) is 0 Å². The van der Waals surface area contributed by atoms with Gasteiger partial charge in [0.25, 0.3) is 0 Å². The molecule has 0 saturated heterocycles. The number of carbonyl (C=O) groups is 4. The number of rotatable bonds is 10. The van der Waals surface area contributed by atoms with Crippen LogP contribution in [0.4, 0.5) is 16.4 Å². The Balaban J connectivity index is 2.52. The van der Waals surface area contributed by atoms with Crippen LogP contribution in [-0.2, 0) is 24.5 Å². The smallest absolute Gasteiger partial charge is 0.342 e. The highest BCUT2D eigenvalue weighted by Crippen LogP contribution is 2.45. The fraction of sp³-hybridized carbons (Fsp3) is 0.515. The minimum Gasteiger partial charge on any atom is -0.497 e. The first kappa shape index (κ1) is 35.0. The van der Waals surface area contributed by atoms with Crippen LogP contribution in [0.5, 0.6) is 5.75 Å². The van der Waals surface area contributed by atoms with Gasteiger partial charge >= 0.3 is 23.9 Å². The van der Waals surface area contributed by atoms with Gasteiger partial charge in [-0.3, -0.25) is 4.90 Å². The van der Waals surface area contributed by atoms with E-state index in [4.69, 9.17) is 18.9 Å². The van der Waals surface area contributed by atoms with E-state index < -0.39 is 41.1 Å². The van der Waals surface area contributed by atoms with Gasteiger partial charge in [0, 0.05) is 16.8 Å². The lowest BCUT2D eigenvalue weighted by molar-refractivity contribution is -0.139. The highest BCUT2D eigenvalue weighted by atomic mass is 16.5. The number of methoxy groups -OCH3 is 1. The normalized spacial score (nSPS) is 15.4. The minimum atomic E-state index is -0.875.